The second kappa shape index (κ2) is 7.11. The Morgan fingerprint density at radius 1 is 1.13 bits per heavy atom. The fourth-order valence-corrected chi connectivity index (χ4v) is 2.26. The average molecular weight is 372 g/mol. The number of pyridine rings is 1. The summed E-state index contributed by atoms with van der Waals surface area (Å²) >= 11 is 3.36. The van der Waals surface area contributed by atoms with Crippen molar-refractivity contribution in [1.29, 1.82) is 0 Å². The van der Waals surface area contributed by atoms with Crippen molar-refractivity contribution in [3.8, 4) is 0 Å². The van der Waals surface area contributed by atoms with Gasteiger partial charge < -0.3 is 15.1 Å². The number of carbonyl (C=O) groups excluding carboxylic acids is 1. The summed E-state index contributed by atoms with van der Waals surface area (Å²) in [5.74, 6) is 0.608. The summed E-state index contributed by atoms with van der Waals surface area (Å²) in [5.41, 5.74) is 1.97. The summed E-state index contributed by atoms with van der Waals surface area (Å²) in [7, 11) is 0. The van der Waals surface area contributed by atoms with Crippen LogP contribution in [0.1, 0.15) is 16.1 Å². The highest BCUT2D eigenvalue weighted by Gasteiger charge is 2.08. The number of furan rings is 1. The van der Waals surface area contributed by atoms with Gasteiger partial charge in [-0.1, -0.05) is 15.9 Å². The lowest BCUT2D eigenvalue weighted by Crippen LogP contribution is -2.12. The number of halogens is 1. The molecule has 3 rings (SSSR count). The Balaban J connectivity index is 1.66. The van der Waals surface area contributed by atoms with Crippen LogP contribution >= 0.6 is 15.9 Å². The molecule has 0 spiro atoms. The Morgan fingerprint density at radius 2 is 1.96 bits per heavy atom. The van der Waals surface area contributed by atoms with Crippen LogP contribution in [0.15, 0.2) is 70.0 Å². The number of hydrogen-bond acceptors (Lipinski definition) is 4. The van der Waals surface area contributed by atoms with Crippen molar-refractivity contribution in [2.45, 2.75) is 6.54 Å². The minimum atomic E-state index is -0.207. The molecule has 0 aliphatic rings. The third-order valence-electron chi connectivity index (χ3n) is 3.15. The van der Waals surface area contributed by atoms with Crippen LogP contribution < -0.4 is 10.6 Å². The SMILES string of the molecule is O=C(Nc1ccc(Br)cc1)c1cncc(NCc2ccco2)c1. The van der Waals surface area contributed by atoms with Crippen LogP contribution in [-0.2, 0) is 6.54 Å². The second-order valence-corrected chi connectivity index (χ2v) is 5.77. The Bertz CT molecular complexity index is 786. The summed E-state index contributed by atoms with van der Waals surface area (Å²) in [5, 5.41) is 6.01. The second-order valence-electron chi connectivity index (χ2n) is 4.86. The first-order chi connectivity index (χ1) is 11.2. The van der Waals surface area contributed by atoms with Crippen molar-refractivity contribution in [2.24, 2.45) is 0 Å². The standard InChI is InChI=1S/C17H14BrN3O2/c18-13-3-5-14(6-4-13)21-17(22)12-8-15(10-19-9-12)20-11-16-2-1-7-23-16/h1-10,20H,11H2,(H,21,22). The normalized spacial score (nSPS) is 10.3. The molecule has 23 heavy (non-hydrogen) atoms. The number of aromatic nitrogens is 1. The van der Waals surface area contributed by atoms with E-state index in [1.54, 1.807) is 18.5 Å². The Hall–Kier alpha value is -2.60. The lowest BCUT2D eigenvalue weighted by molar-refractivity contribution is 0.102. The van der Waals surface area contributed by atoms with Gasteiger partial charge in [-0.15, -0.1) is 0 Å². The van der Waals surface area contributed by atoms with Gasteiger partial charge in [0.25, 0.3) is 5.91 Å². The predicted octanol–water partition coefficient (Wildman–Crippen LogP) is 4.30. The predicted molar refractivity (Wildman–Crippen MR) is 92.4 cm³/mol. The van der Waals surface area contributed by atoms with Crippen molar-refractivity contribution >= 4 is 33.2 Å². The molecule has 0 atom stereocenters. The van der Waals surface area contributed by atoms with Crippen molar-refractivity contribution in [3.63, 3.8) is 0 Å². The number of amides is 1. The summed E-state index contributed by atoms with van der Waals surface area (Å²) in [6.45, 7) is 0.534. The Morgan fingerprint density at radius 3 is 2.70 bits per heavy atom. The molecule has 0 saturated heterocycles. The van der Waals surface area contributed by atoms with E-state index in [1.165, 1.54) is 6.20 Å². The van der Waals surface area contributed by atoms with Gasteiger partial charge in [0.1, 0.15) is 5.76 Å². The molecule has 0 fully saturated rings. The van der Waals surface area contributed by atoms with E-state index in [-0.39, 0.29) is 5.91 Å². The summed E-state index contributed by atoms with van der Waals surface area (Å²) in [6.07, 6.45) is 4.82. The van der Waals surface area contributed by atoms with E-state index in [2.05, 4.69) is 31.5 Å². The minimum Gasteiger partial charge on any atom is -0.467 e. The van der Waals surface area contributed by atoms with Gasteiger partial charge in [0.15, 0.2) is 0 Å². The van der Waals surface area contributed by atoms with Gasteiger partial charge in [0, 0.05) is 22.6 Å². The molecule has 2 heterocycles. The molecule has 1 aromatic carbocycles. The van der Waals surface area contributed by atoms with E-state index >= 15 is 0 Å². The zero-order valence-corrected chi connectivity index (χ0v) is 13.7. The zero-order valence-electron chi connectivity index (χ0n) is 12.1. The molecule has 0 aliphatic carbocycles. The highest BCUT2D eigenvalue weighted by Crippen LogP contribution is 2.16. The van der Waals surface area contributed by atoms with E-state index in [0.717, 1.165) is 21.6 Å². The molecule has 0 bridgehead atoms. The van der Waals surface area contributed by atoms with Crippen LogP contribution in [0.5, 0.6) is 0 Å². The summed E-state index contributed by atoms with van der Waals surface area (Å²) in [4.78, 5) is 16.4. The molecule has 2 aromatic heterocycles. The van der Waals surface area contributed by atoms with E-state index in [4.69, 9.17) is 4.42 Å². The van der Waals surface area contributed by atoms with Crippen molar-refractivity contribution in [2.75, 3.05) is 10.6 Å². The molecule has 0 unspecified atom stereocenters. The maximum atomic E-state index is 12.3. The number of nitrogens with one attached hydrogen (secondary N) is 2. The third kappa shape index (κ3) is 4.20. The van der Waals surface area contributed by atoms with E-state index in [9.17, 15) is 4.79 Å². The largest absolute Gasteiger partial charge is 0.467 e. The van der Waals surface area contributed by atoms with Crippen molar-refractivity contribution in [1.82, 2.24) is 4.98 Å². The quantitative estimate of drug-likeness (QED) is 0.701. The number of rotatable bonds is 5. The molecule has 0 aliphatic heterocycles. The number of carbonyl (C=O) groups is 1. The summed E-state index contributed by atoms with van der Waals surface area (Å²) < 4.78 is 6.22. The molecular weight excluding hydrogens is 358 g/mol. The Labute approximate surface area is 141 Å². The maximum absolute atomic E-state index is 12.3. The first kappa shape index (κ1) is 15.3. The number of nitrogens with zero attached hydrogens (tertiary/aromatic N) is 1. The molecule has 1 amide bonds. The monoisotopic (exact) mass is 371 g/mol. The highest BCUT2D eigenvalue weighted by molar-refractivity contribution is 9.10. The van der Waals surface area contributed by atoms with Gasteiger partial charge in [-0.05, 0) is 42.5 Å². The van der Waals surface area contributed by atoms with Crippen molar-refractivity contribution in [3.05, 3.63) is 76.9 Å². The van der Waals surface area contributed by atoms with E-state index in [1.807, 2.05) is 36.4 Å². The fourth-order valence-electron chi connectivity index (χ4n) is 2.00. The molecule has 6 heteroatoms. The van der Waals surface area contributed by atoms with Crippen LogP contribution in [-0.4, -0.2) is 10.9 Å². The number of anilines is 2. The highest BCUT2D eigenvalue weighted by atomic mass is 79.9. The van der Waals surface area contributed by atoms with Gasteiger partial charge >= 0.3 is 0 Å². The molecule has 3 aromatic rings. The summed E-state index contributed by atoms with van der Waals surface area (Å²) in [6, 6.07) is 12.9. The van der Waals surface area contributed by atoms with Crippen molar-refractivity contribution < 1.29 is 9.21 Å². The zero-order chi connectivity index (χ0) is 16.1. The van der Waals surface area contributed by atoms with Gasteiger partial charge in [-0.3, -0.25) is 9.78 Å². The average Bonchev–Trinajstić information content (AvgIpc) is 3.09. The molecule has 5 nitrogen and oxygen atoms in total. The molecule has 116 valence electrons. The topological polar surface area (TPSA) is 67.2 Å². The van der Waals surface area contributed by atoms with Crippen LogP contribution in [0.3, 0.4) is 0 Å². The van der Waals surface area contributed by atoms with E-state index in [0.29, 0.717) is 12.1 Å². The lowest BCUT2D eigenvalue weighted by Gasteiger charge is -2.08. The van der Waals surface area contributed by atoms with Gasteiger partial charge in [-0.25, -0.2) is 0 Å². The molecule has 0 saturated carbocycles. The molecule has 2 N–H and O–H groups in total. The van der Waals surface area contributed by atoms with Crippen LogP contribution in [0.4, 0.5) is 11.4 Å². The van der Waals surface area contributed by atoms with Gasteiger partial charge in [-0.2, -0.15) is 0 Å². The fraction of sp³-hybridized carbons (Fsp3) is 0.0588. The lowest BCUT2D eigenvalue weighted by atomic mass is 10.2. The number of benzene rings is 1. The van der Waals surface area contributed by atoms with Gasteiger partial charge in [0.2, 0.25) is 0 Å². The number of hydrogen-bond donors (Lipinski definition) is 2. The first-order valence-corrected chi connectivity index (χ1v) is 7.78. The minimum absolute atomic E-state index is 0.207. The van der Waals surface area contributed by atoms with Crippen LogP contribution in [0.25, 0.3) is 0 Å². The van der Waals surface area contributed by atoms with Gasteiger partial charge in [0.05, 0.1) is 24.1 Å². The molecular formula is C17H14BrN3O2. The third-order valence-corrected chi connectivity index (χ3v) is 3.68. The van der Waals surface area contributed by atoms with E-state index < -0.39 is 0 Å². The molecule has 0 radical (unpaired) electrons. The Kier molecular flexibility index (Phi) is 4.73. The smallest absolute Gasteiger partial charge is 0.257 e. The van der Waals surface area contributed by atoms with Crippen LogP contribution in [0, 0.1) is 0 Å². The maximum Gasteiger partial charge on any atom is 0.257 e. The van der Waals surface area contributed by atoms with Crippen LogP contribution in [0.2, 0.25) is 0 Å². The first-order valence-electron chi connectivity index (χ1n) is 6.99.